The van der Waals surface area contributed by atoms with Gasteiger partial charge in [-0.2, -0.15) is 0 Å². The molecule has 1 aromatic heterocycles. The number of hydrogen-bond donors (Lipinski definition) is 1. The van der Waals surface area contributed by atoms with Gasteiger partial charge in [0.2, 0.25) is 0 Å². The largest absolute Gasteiger partial charge is 0.317 e. The molecule has 0 spiro atoms. The first-order valence-corrected chi connectivity index (χ1v) is 7.07. The SMILES string of the molecule is CCNCC1CCN(Cc2cncs2)CC1. The smallest absolute Gasteiger partial charge is 0.0794 e. The second kappa shape index (κ2) is 6.33. The molecule has 1 aliphatic rings. The van der Waals surface area contributed by atoms with Gasteiger partial charge in [0.1, 0.15) is 0 Å². The van der Waals surface area contributed by atoms with Gasteiger partial charge in [-0.05, 0) is 44.9 Å². The van der Waals surface area contributed by atoms with E-state index < -0.39 is 0 Å². The van der Waals surface area contributed by atoms with E-state index in [1.165, 1.54) is 37.4 Å². The predicted octanol–water partition coefficient (Wildman–Crippen LogP) is 1.96. The third kappa shape index (κ3) is 3.54. The molecule has 0 bridgehead atoms. The van der Waals surface area contributed by atoms with Gasteiger partial charge in [0.25, 0.3) is 0 Å². The molecule has 0 saturated carbocycles. The topological polar surface area (TPSA) is 28.2 Å². The van der Waals surface area contributed by atoms with Crippen molar-refractivity contribution in [2.24, 2.45) is 5.92 Å². The molecular formula is C12H21N3S. The van der Waals surface area contributed by atoms with Crippen LogP contribution in [0.2, 0.25) is 0 Å². The number of likely N-dealkylation sites (tertiary alicyclic amines) is 1. The maximum absolute atomic E-state index is 4.12. The van der Waals surface area contributed by atoms with Crippen LogP contribution in [0.25, 0.3) is 0 Å². The van der Waals surface area contributed by atoms with Crippen LogP contribution in [0.15, 0.2) is 11.7 Å². The van der Waals surface area contributed by atoms with E-state index in [4.69, 9.17) is 0 Å². The molecule has 4 heteroatoms. The van der Waals surface area contributed by atoms with E-state index >= 15 is 0 Å². The van der Waals surface area contributed by atoms with Gasteiger partial charge in [0.15, 0.2) is 0 Å². The highest BCUT2D eigenvalue weighted by Crippen LogP contribution is 2.19. The lowest BCUT2D eigenvalue weighted by Gasteiger charge is -2.31. The molecule has 1 saturated heterocycles. The average molecular weight is 239 g/mol. The lowest BCUT2D eigenvalue weighted by Crippen LogP contribution is -2.36. The van der Waals surface area contributed by atoms with Gasteiger partial charge >= 0.3 is 0 Å². The van der Waals surface area contributed by atoms with Gasteiger partial charge < -0.3 is 5.32 Å². The number of piperidine rings is 1. The van der Waals surface area contributed by atoms with E-state index in [1.54, 1.807) is 11.3 Å². The van der Waals surface area contributed by atoms with Crippen molar-refractivity contribution >= 4 is 11.3 Å². The molecule has 1 fully saturated rings. The second-order valence-electron chi connectivity index (χ2n) is 4.49. The van der Waals surface area contributed by atoms with Crippen LogP contribution in [0.1, 0.15) is 24.6 Å². The molecule has 1 aromatic rings. The first-order chi connectivity index (χ1) is 7.88. The van der Waals surface area contributed by atoms with E-state index in [-0.39, 0.29) is 0 Å². The summed E-state index contributed by atoms with van der Waals surface area (Å²) < 4.78 is 0. The Hall–Kier alpha value is -0.450. The number of nitrogens with one attached hydrogen (secondary N) is 1. The molecule has 0 amide bonds. The van der Waals surface area contributed by atoms with E-state index in [9.17, 15) is 0 Å². The van der Waals surface area contributed by atoms with Crippen LogP contribution in [-0.2, 0) is 6.54 Å². The van der Waals surface area contributed by atoms with Crippen molar-refractivity contribution in [1.82, 2.24) is 15.2 Å². The molecule has 0 radical (unpaired) electrons. The number of hydrogen-bond acceptors (Lipinski definition) is 4. The monoisotopic (exact) mass is 239 g/mol. The molecule has 0 unspecified atom stereocenters. The predicted molar refractivity (Wildman–Crippen MR) is 68.7 cm³/mol. The zero-order valence-electron chi connectivity index (χ0n) is 9.98. The Morgan fingerprint density at radius 3 is 2.94 bits per heavy atom. The van der Waals surface area contributed by atoms with Crippen LogP contribution >= 0.6 is 11.3 Å². The van der Waals surface area contributed by atoms with Crippen molar-refractivity contribution in [2.75, 3.05) is 26.2 Å². The van der Waals surface area contributed by atoms with E-state index in [0.29, 0.717) is 0 Å². The summed E-state index contributed by atoms with van der Waals surface area (Å²) in [6.45, 7) is 8.06. The number of rotatable bonds is 5. The van der Waals surface area contributed by atoms with Gasteiger partial charge in [-0.1, -0.05) is 6.92 Å². The maximum atomic E-state index is 4.12. The summed E-state index contributed by atoms with van der Waals surface area (Å²) in [6.07, 6.45) is 4.67. The Labute approximate surface area is 102 Å². The second-order valence-corrected chi connectivity index (χ2v) is 5.47. The normalized spacial score (nSPS) is 19.1. The summed E-state index contributed by atoms with van der Waals surface area (Å²) in [4.78, 5) is 8.07. The summed E-state index contributed by atoms with van der Waals surface area (Å²) in [5, 5.41) is 3.45. The molecule has 0 atom stereocenters. The summed E-state index contributed by atoms with van der Waals surface area (Å²) >= 11 is 1.77. The van der Waals surface area contributed by atoms with Crippen LogP contribution in [0.4, 0.5) is 0 Å². The molecular weight excluding hydrogens is 218 g/mol. The highest BCUT2D eigenvalue weighted by molar-refractivity contribution is 7.09. The Morgan fingerprint density at radius 1 is 1.50 bits per heavy atom. The fraction of sp³-hybridized carbons (Fsp3) is 0.750. The fourth-order valence-corrected chi connectivity index (χ4v) is 2.87. The summed E-state index contributed by atoms with van der Waals surface area (Å²) in [5.74, 6) is 0.887. The minimum Gasteiger partial charge on any atom is -0.317 e. The highest BCUT2D eigenvalue weighted by Gasteiger charge is 2.18. The molecule has 0 aromatic carbocycles. The third-order valence-electron chi connectivity index (χ3n) is 3.25. The molecule has 1 N–H and O–H groups in total. The standard InChI is InChI=1S/C12H21N3S/c1-2-13-7-11-3-5-15(6-4-11)9-12-8-14-10-16-12/h8,10-11,13H,2-7,9H2,1H3. The quantitative estimate of drug-likeness (QED) is 0.851. The van der Waals surface area contributed by atoms with Gasteiger partial charge in [-0.25, -0.2) is 0 Å². The fourth-order valence-electron chi connectivity index (χ4n) is 2.24. The van der Waals surface area contributed by atoms with Gasteiger partial charge in [-0.15, -0.1) is 11.3 Å². The van der Waals surface area contributed by atoms with Crippen molar-refractivity contribution in [3.8, 4) is 0 Å². The Morgan fingerprint density at radius 2 is 2.31 bits per heavy atom. The molecule has 1 aliphatic heterocycles. The van der Waals surface area contributed by atoms with Gasteiger partial charge in [0, 0.05) is 17.6 Å². The van der Waals surface area contributed by atoms with Crippen molar-refractivity contribution < 1.29 is 0 Å². The molecule has 3 nitrogen and oxygen atoms in total. The first kappa shape index (κ1) is 12.0. The van der Waals surface area contributed by atoms with Crippen LogP contribution in [0.5, 0.6) is 0 Å². The third-order valence-corrected chi connectivity index (χ3v) is 4.02. The molecule has 0 aliphatic carbocycles. The van der Waals surface area contributed by atoms with Crippen molar-refractivity contribution in [2.45, 2.75) is 26.3 Å². The Bertz CT molecular complexity index is 278. The van der Waals surface area contributed by atoms with Crippen LogP contribution < -0.4 is 5.32 Å². The van der Waals surface area contributed by atoms with Crippen molar-refractivity contribution in [3.63, 3.8) is 0 Å². The highest BCUT2D eigenvalue weighted by atomic mass is 32.1. The minimum atomic E-state index is 0.887. The minimum absolute atomic E-state index is 0.887. The maximum Gasteiger partial charge on any atom is 0.0794 e. The Kier molecular flexibility index (Phi) is 4.75. The summed E-state index contributed by atoms with van der Waals surface area (Å²) in [7, 11) is 0. The molecule has 16 heavy (non-hydrogen) atoms. The summed E-state index contributed by atoms with van der Waals surface area (Å²) in [5.41, 5.74) is 1.92. The van der Waals surface area contributed by atoms with Crippen molar-refractivity contribution in [3.05, 3.63) is 16.6 Å². The summed E-state index contributed by atoms with van der Waals surface area (Å²) in [6, 6.07) is 0. The first-order valence-electron chi connectivity index (χ1n) is 6.19. The number of aromatic nitrogens is 1. The van der Waals surface area contributed by atoms with Crippen molar-refractivity contribution in [1.29, 1.82) is 0 Å². The molecule has 90 valence electrons. The number of thiazole rings is 1. The lowest BCUT2D eigenvalue weighted by molar-refractivity contribution is 0.177. The van der Waals surface area contributed by atoms with Gasteiger partial charge in [-0.3, -0.25) is 9.88 Å². The zero-order chi connectivity index (χ0) is 11.2. The van der Waals surface area contributed by atoms with Crippen LogP contribution in [-0.4, -0.2) is 36.1 Å². The van der Waals surface area contributed by atoms with E-state index in [1.807, 2.05) is 11.7 Å². The van der Waals surface area contributed by atoms with Gasteiger partial charge in [0.05, 0.1) is 5.51 Å². The zero-order valence-corrected chi connectivity index (χ0v) is 10.8. The molecule has 2 heterocycles. The van der Waals surface area contributed by atoms with E-state index in [0.717, 1.165) is 19.0 Å². The average Bonchev–Trinajstić information content (AvgIpc) is 2.81. The lowest BCUT2D eigenvalue weighted by atomic mass is 9.97. The molecule has 2 rings (SSSR count). The Balaban J connectivity index is 1.69. The van der Waals surface area contributed by atoms with E-state index in [2.05, 4.69) is 22.1 Å². The number of nitrogens with zero attached hydrogens (tertiary/aromatic N) is 2. The van der Waals surface area contributed by atoms with Crippen LogP contribution in [0, 0.1) is 5.92 Å². The van der Waals surface area contributed by atoms with Crippen LogP contribution in [0.3, 0.4) is 0 Å².